The van der Waals surface area contributed by atoms with Gasteiger partial charge in [0.15, 0.2) is 5.79 Å². The van der Waals surface area contributed by atoms with Crippen LogP contribution in [0.5, 0.6) is 0 Å². The van der Waals surface area contributed by atoms with Crippen molar-refractivity contribution in [2.24, 2.45) is 11.3 Å². The minimum Gasteiger partial charge on any atom is -0.387 e. The largest absolute Gasteiger partial charge is 0.387 e. The van der Waals surface area contributed by atoms with E-state index in [1.165, 1.54) is 6.33 Å². The van der Waals surface area contributed by atoms with Crippen molar-refractivity contribution in [3.05, 3.63) is 47.5 Å². The SMILES string of the molecule is CC1(C)OCC2(CCC(Cc3ccc(Cl)cc3)C2(O)Cn2cncn2)CO1. The molecule has 2 unspecified atom stereocenters. The molecule has 2 fully saturated rings. The van der Waals surface area contributed by atoms with E-state index in [0.29, 0.717) is 19.8 Å². The molecule has 1 aliphatic heterocycles. The van der Waals surface area contributed by atoms with Gasteiger partial charge in [-0.3, -0.25) is 4.68 Å². The summed E-state index contributed by atoms with van der Waals surface area (Å²) in [6, 6.07) is 7.85. The van der Waals surface area contributed by atoms with Crippen molar-refractivity contribution in [1.29, 1.82) is 0 Å². The maximum atomic E-state index is 12.0. The quantitative estimate of drug-likeness (QED) is 0.867. The van der Waals surface area contributed by atoms with Gasteiger partial charge in [0, 0.05) is 10.4 Å². The van der Waals surface area contributed by atoms with E-state index in [2.05, 4.69) is 10.1 Å². The molecular weight excluding hydrogens is 366 g/mol. The van der Waals surface area contributed by atoms with Crippen molar-refractivity contribution in [3.63, 3.8) is 0 Å². The number of ether oxygens (including phenoxy) is 2. The molecule has 0 bridgehead atoms. The second-order valence-corrected chi connectivity index (χ2v) is 8.78. The van der Waals surface area contributed by atoms with Gasteiger partial charge in [-0.2, -0.15) is 5.10 Å². The number of nitrogens with zero attached hydrogens (tertiary/aromatic N) is 3. The van der Waals surface area contributed by atoms with E-state index in [0.717, 1.165) is 29.8 Å². The zero-order valence-electron chi connectivity index (χ0n) is 15.8. The lowest BCUT2D eigenvalue weighted by Crippen LogP contribution is -2.60. The second kappa shape index (κ2) is 6.85. The highest BCUT2D eigenvalue weighted by Crippen LogP contribution is 2.54. The van der Waals surface area contributed by atoms with Crippen molar-refractivity contribution in [2.75, 3.05) is 13.2 Å². The number of hydrogen-bond donors (Lipinski definition) is 1. The molecular formula is C20H26ClN3O3. The Balaban J connectivity index is 1.63. The maximum Gasteiger partial charge on any atom is 0.162 e. The van der Waals surface area contributed by atoms with Gasteiger partial charge in [-0.25, -0.2) is 4.98 Å². The summed E-state index contributed by atoms with van der Waals surface area (Å²) in [5.74, 6) is -0.551. The Morgan fingerprint density at radius 2 is 1.93 bits per heavy atom. The normalized spacial score (nSPS) is 29.3. The van der Waals surface area contributed by atoms with Crippen molar-refractivity contribution < 1.29 is 14.6 Å². The fourth-order valence-electron chi connectivity index (χ4n) is 4.47. The van der Waals surface area contributed by atoms with Crippen LogP contribution in [0.15, 0.2) is 36.9 Å². The van der Waals surface area contributed by atoms with Gasteiger partial charge in [0.05, 0.1) is 25.4 Å². The Morgan fingerprint density at radius 1 is 1.22 bits per heavy atom. The van der Waals surface area contributed by atoms with Crippen LogP contribution in [-0.4, -0.2) is 44.5 Å². The first-order valence-electron chi connectivity index (χ1n) is 9.39. The van der Waals surface area contributed by atoms with Crippen LogP contribution in [0.4, 0.5) is 0 Å². The average molecular weight is 392 g/mol. The van der Waals surface area contributed by atoms with Crippen molar-refractivity contribution in [3.8, 4) is 0 Å². The molecule has 1 saturated carbocycles. The highest BCUT2D eigenvalue weighted by atomic mass is 35.5. The van der Waals surface area contributed by atoms with E-state index in [1.54, 1.807) is 11.0 Å². The summed E-state index contributed by atoms with van der Waals surface area (Å²) in [6.45, 7) is 5.15. The standard InChI is InChI=1S/C20H26ClN3O3/c1-18(2)26-11-19(12-27-18)8-7-16(9-15-3-5-17(21)6-4-15)20(19,25)10-24-14-22-13-23-24/h3-6,13-14,16,25H,7-12H2,1-2H3. The van der Waals surface area contributed by atoms with E-state index >= 15 is 0 Å². The molecule has 0 radical (unpaired) electrons. The van der Waals surface area contributed by atoms with Crippen LogP contribution >= 0.6 is 11.6 Å². The summed E-state index contributed by atoms with van der Waals surface area (Å²) in [5.41, 5.74) is -0.293. The predicted molar refractivity (Wildman–Crippen MR) is 101 cm³/mol. The molecule has 2 atom stereocenters. The van der Waals surface area contributed by atoms with Crippen LogP contribution in [0, 0.1) is 11.3 Å². The molecule has 1 spiro atoms. The molecule has 1 aliphatic carbocycles. The fourth-order valence-corrected chi connectivity index (χ4v) is 4.60. The highest BCUT2D eigenvalue weighted by Gasteiger charge is 2.62. The van der Waals surface area contributed by atoms with Crippen molar-refractivity contribution in [1.82, 2.24) is 14.8 Å². The number of hydrogen-bond acceptors (Lipinski definition) is 5. The number of aromatic nitrogens is 3. The van der Waals surface area contributed by atoms with Crippen LogP contribution < -0.4 is 0 Å². The summed E-state index contributed by atoms with van der Waals surface area (Å²) >= 11 is 6.02. The van der Waals surface area contributed by atoms with Crippen molar-refractivity contribution >= 4 is 11.6 Å². The first kappa shape index (κ1) is 18.9. The van der Waals surface area contributed by atoms with Gasteiger partial charge in [0.1, 0.15) is 12.7 Å². The van der Waals surface area contributed by atoms with Gasteiger partial charge in [0.2, 0.25) is 0 Å². The predicted octanol–water partition coefficient (Wildman–Crippen LogP) is 3.08. The molecule has 146 valence electrons. The zero-order valence-corrected chi connectivity index (χ0v) is 16.5. The molecule has 1 N–H and O–H groups in total. The highest BCUT2D eigenvalue weighted by molar-refractivity contribution is 6.30. The Kier molecular flexibility index (Phi) is 4.79. The molecule has 7 heteroatoms. The van der Waals surface area contributed by atoms with Crippen LogP contribution in [0.3, 0.4) is 0 Å². The Bertz CT molecular complexity index is 768. The van der Waals surface area contributed by atoms with E-state index < -0.39 is 16.8 Å². The first-order chi connectivity index (χ1) is 12.8. The lowest BCUT2D eigenvalue weighted by Gasteiger charge is -2.50. The summed E-state index contributed by atoms with van der Waals surface area (Å²) in [4.78, 5) is 4.03. The third-order valence-electron chi connectivity index (χ3n) is 6.22. The average Bonchev–Trinajstić information content (AvgIpc) is 3.22. The summed E-state index contributed by atoms with van der Waals surface area (Å²) in [6.07, 6.45) is 5.68. The van der Waals surface area contributed by atoms with Gasteiger partial charge in [0.25, 0.3) is 0 Å². The molecule has 1 aromatic carbocycles. The number of halogens is 1. The van der Waals surface area contributed by atoms with Gasteiger partial charge < -0.3 is 14.6 Å². The summed E-state index contributed by atoms with van der Waals surface area (Å²) in [7, 11) is 0. The van der Waals surface area contributed by atoms with Gasteiger partial charge in [-0.05, 0) is 56.7 Å². The first-order valence-corrected chi connectivity index (χ1v) is 9.77. The van der Waals surface area contributed by atoms with Crippen LogP contribution in [0.25, 0.3) is 0 Å². The number of rotatable bonds is 4. The van der Waals surface area contributed by atoms with E-state index in [9.17, 15) is 5.11 Å². The summed E-state index contributed by atoms with van der Waals surface area (Å²) in [5, 5.41) is 17.0. The maximum absolute atomic E-state index is 12.0. The molecule has 6 nitrogen and oxygen atoms in total. The topological polar surface area (TPSA) is 69.4 Å². The molecule has 4 rings (SSSR count). The number of aliphatic hydroxyl groups is 1. The van der Waals surface area contributed by atoms with Gasteiger partial charge >= 0.3 is 0 Å². The minimum absolute atomic E-state index is 0.0660. The minimum atomic E-state index is -1.00. The molecule has 2 aromatic rings. The molecule has 1 aromatic heterocycles. The lowest BCUT2D eigenvalue weighted by atomic mass is 9.70. The van der Waals surface area contributed by atoms with E-state index in [4.69, 9.17) is 21.1 Å². The Labute approximate surface area is 164 Å². The monoisotopic (exact) mass is 391 g/mol. The fraction of sp³-hybridized carbons (Fsp3) is 0.600. The Morgan fingerprint density at radius 3 is 2.56 bits per heavy atom. The molecule has 0 amide bonds. The number of benzene rings is 1. The molecule has 2 aliphatic rings. The van der Waals surface area contributed by atoms with E-state index in [1.807, 2.05) is 38.1 Å². The third kappa shape index (κ3) is 3.51. The lowest BCUT2D eigenvalue weighted by molar-refractivity contribution is -0.313. The summed E-state index contributed by atoms with van der Waals surface area (Å²) < 4.78 is 13.7. The van der Waals surface area contributed by atoms with Gasteiger partial charge in [-0.1, -0.05) is 23.7 Å². The van der Waals surface area contributed by atoms with Gasteiger partial charge in [-0.15, -0.1) is 0 Å². The smallest absolute Gasteiger partial charge is 0.162 e. The molecule has 27 heavy (non-hydrogen) atoms. The second-order valence-electron chi connectivity index (χ2n) is 8.34. The third-order valence-corrected chi connectivity index (χ3v) is 6.47. The van der Waals surface area contributed by atoms with Crippen LogP contribution in [0.1, 0.15) is 32.3 Å². The van der Waals surface area contributed by atoms with Crippen LogP contribution in [0.2, 0.25) is 5.02 Å². The molecule has 2 heterocycles. The Hall–Kier alpha value is -1.47. The molecule has 1 saturated heterocycles. The van der Waals surface area contributed by atoms with E-state index in [-0.39, 0.29) is 5.92 Å². The zero-order chi connectivity index (χ0) is 19.1. The van der Waals surface area contributed by atoms with Crippen LogP contribution in [-0.2, 0) is 22.4 Å². The van der Waals surface area contributed by atoms with Crippen molar-refractivity contribution in [2.45, 2.75) is 51.0 Å².